The molecule has 0 amide bonds. The predicted octanol–water partition coefficient (Wildman–Crippen LogP) is 4.39. The molecule has 0 saturated carbocycles. The molecule has 0 spiro atoms. The van der Waals surface area contributed by atoms with Gasteiger partial charge in [-0.15, -0.1) is 22.7 Å². The number of aliphatic hydroxyl groups is 1. The highest BCUT2D eigenvalue weighted by molar-refractivity contribution is 7.19. The van der Waals surface area contributed by atoms with Crippen LogP contribution in [0.2, 0.25) is 0 Å². The number of fused-ring (bicyclic) bond motifs is 1. The minimum atomic E-state index is -0.583. The summed E-state index contributed by atoms with van der Waals surface area (Å²) in [6.45, 7) is 4.01. The van der Waals surface area contributed by atoms with Gasteiger partial charge in [-0.3, -0.25) is 0 Å². The Morgan fingerprint density at radius 1 is 1.25 bits per heavy atom. The molecule has 0 aliphatic carbocycles. The van der Waals surface area contributed by atoms with Gasteiger partial charge in [0.25, 0.3) is 0 Å². The number of aromatic nitrogens is 1. The van der Waals surface area contributed by atoms with Gasteiger partial charge in [0.15, 0.2) is 0 Å². The monoisotopic (exact) mass is 307 g/mol. The lowest BCUT2D eigenvalue weighted by Crippen LogP contribution is -1.98. The predicted molar refractivity (Wildman–Crippen MR) is 82.0 cm³/mol. The first-order chi connectivity index (χ1) is 9.52. The topological polar surface area (TPSA) is 33.1 Å². The fourth-order valence-corrected chi connectivity index (χ4v) is 4.13. The van der Waals surface area contributed by atoms with Crippen molar-refractivity contribution in [1.29, 1.82) is 0 Å². The van der Waals surface area contributed by atoms with Crippen LogP contribution in [0.15, 0.2) is 24.3 Å². The number of aryl methyl sites for hydroxylation is 2. The van der Waals surface area contributed by atoms with Gasteiger partial charge in [-0.1, -0.05) is 6.07 Å². The van der Waals surface area contributed by atoms with Gasteiger partial charge >= 0.3 is 0 Å². The van der Waals surface area contributed by atoms with Crippen molar-refractivity contribution in [3.05, 3.63) is 50.5 Å². The van der Waals surface area contributed by atoms with Gasteiger partial charge in [-0.2, -0.15) is 0 Å². The number of halogens is 1. The van der Waals surface area contributed by atoms with E-state index in [1.807, 2.05) is 19.9 Å². The molecule has 5 heteroatoms. The molecule has 2 heterocycles. The number of hydrogen-bond donors (Lipinski definition) is 1. The van der Waals surface area contributed by atoms with E-state index in [1.165, 1.54) is 28.3 Å². The number of hydrogen-bond acceptors (Lipinski definition) is 4. The Kier molecular flexibility index (Phi) is 3.58. The second-order valence-corrected chi connectivity index (χ2v) is 7.20. The lowest BCUT2D eigenvalue weighted by Gasteiger charge is -2.05. The summed E-state index contributed by atoms with van der Waals surface area (Å²) in [7, 11) is 0. The third-order valence-corrected chi connectivity index (χ3v) is 5.56. The summed E-state index contributed by atoms with van der Waals surface area (Å²) in [4.78, 5) is 6.49. The molecule has 0 bridgehead atoms. The van der Waals surface area contributed by atoms with Gasteiger partial charge in [0.05, 0.1) is 16.8 Å². The molecular weight excluding hydrogens is 293 g/mol. The van der Waals surface area contributed by atoms with E-state index in [9.17, 15) is 9.50 Å². The summed E-state index contributed by atoms with van der Waals surface area (Å²) in [6.07, 6.45) is -0.0744. The van der Waals surface area contributed by atoms with Crippen LogP contribution in [0.4, 0.5) is 4.39 Å². The standard InChI is InChI=1S/C15H14FNOS2/c1-8-9(2)19-15(17-8)7-12(18)14-5-10-3-4-11(16)6-13(10)20-14/h3-6,12,18H,7H2,1-2H3. The molecule has 2 aromatic heterocycles. The van der Waals surface area contributed by atoms with Crippen molar-refractivity contribution in [1.82, 2.24) is 4.98 Å². The highest BCUT2D eigenvalue weighted by atomic mass is 32.1. The molecule has 3 rings (SSSR count). The molecular formula is C15H14FNOS2. The van der Waals surface area contributed by atoms with E-state index in [0.717, 1.165) is 25.7 Å². The molecule has 3 aromatic rings. The molecule has 2 nitrogen and oxygen atoms in total. The Balaban J connectivity index is 1.86. The van der Waals surface area contributed by atoms with E-state index < -0.39 is 6.10 Å². The number of nitrogens with zero attached hydrogens (tertiary/aromatic N) is 1. The van der Waals surface area contributed by atoms with Crippen molar-refractivity contribution < 1.29 is 9.50 Å². The second-order valence-electron chi connectivity index (χ2n) is 4.80. The largest absolute Gasteiger partial charge is 0.387 e. The summed E-state index contributed by atoms with van der Waals surface area (Å²) in [5.74, 6) is -0.244. The molecule has 1 aromatic carbocycles. The Morgan fingerprint density at radius 3 is 2.75 bits per heavy atom. The van der Waals surface area contributed by atoms with Crippen LogP contribution in [0.5, 0.6) is 0 Å². The molecule has 1 N–H and O–H groups in total. The van der Waals surface area contributed by atoms with Gasteiger partial charge in [-0.25, -0.2) is 9.37 Å². The first kappa shape index (κ1) is 13.7. The van der Waals surface area contributed by atoms with E-state index in [2.05, 4.69) is 4.98 Å². The Labute approximate surface area is 124 Å². The zero-order chi connectivity index (χ0) is 14.3. The number of benzene rings is 1. The van der Waals surface area contributed by atoms with Crippen LogP contribution in [-0.4, -0.2) is 10.1 Å². The number of rotatable bonds is 3. The van der Waals surface area contributed by atoms with Crippen LogP contribution >= 0.6 is 22.7 Å². The Hall–Kier alpha value is -1.30. The molecule has 1 unspecified atom stereocenters. The molecule has 0 fully saturated rings. The van der Waals surface area contributed by atoms with E-state index in [-0.39, 0.29) is 5.82 Å². The van der Waals surface area contributed by atoms with Crippen LogP contribution in [0.3, 0.4) is 0 Å². The van der Waals surface area contributed by atoms with Gasteiger partial charge in [-0.05, 0) is 37.4 Å². The number of thiazole rings is 1. The fourth-order valence-electron chi connectivity index (χ4n) is 2.08. The second kappa shape index (κ2) is 5.24. The van der Waals surface area contributed by atoms with Gasteiger partial charge in [0.2, 0.25) is 0 Å². The molecule has 20 heavy (non-hydrogen) atoms. The van der Waals surface area contributed by atoms with Crippen LogP contribution in [0.25, 0.3) is 10.1 Å². The van der Waals surface area contributed by atoms with Crippen molar-refractivity contribution in [2.24, 2.45) is 0 Å². The quantitative estimate of drug-likeness (QED) is 0.778. The average Bonchev–Trinajstić information content (AvgIpc) is 2.93. The van der Waals surface area contributed by atoms with Crippen molar-refractivity contribution in [2.45, 2.75) is 26.4 Å². The van der Waals surface area contributed by atoms with Crippen LogP contribution in [0, 0.1) is 19.7 Å². The molecule has 0 saturated heterocycles. The third-order valence-electron chi connectivity index (χ3n) is 3.27. The van der Waals surface area contributed by atoms with Gasteiger partial charge in [0.1, 0.15) is 5.82 Å². The maximum Gasteiger partial charge on any atom is 0.124 e. The van der Waals surface area contributed by atoms with Crippen LogP contribution in [0.1, 0.15) is 26.6 Å². The van der Waals surface area contributed by atoms with Crippen LogP contribution in [-0.2, 0) is 6.42 Å². The summed E-state index contributed by atoms with van der Waals surface area (Å²) in [5, 5.41) is 12.2. The zero-order valence-electron chi connectivity index (χ0n) is 11.2. The number of aliphatic hydroxyl groups excluding tert-OH is 1. The van der Waals surface area contributed by atoms with Gasteiger partial charge in [0, 0.05) is 20.9 Å². The Bertz CT molecular complexity index is 743. The van der Waals surface area contributed by atoms with Crippen molar-refractivity contribution in [2.75, 3.05) is 0 Å². The van der Waals surface area contributed by atoms with E-state index >= 15 is 0 Å². The molecule has 0 radical (unpaired) electrons. The molecule has 104 valence electrons. The highest BCUT2D eigenvalue weighted by Crippen LogP contribution is 2.32. The fraction of sp³-hybridized carbons (Fsp3) is 0.267. The molecule has 1 atom stereocenters. The maximum absolute atomic E-state index is 13.2. The minimum absolute atomic E-state index is 0.244. The lowest BCUT2D eigenvalue weighted by molar-refractivity contribution is 0.182. The number of thiophene rings is 1. The first-order valence-electron chi connectivity index (χ1n) is 6.33. The average molecular weight is 307 g/mol. The van der Waals surface area contributed by atoms with Crippen molar-refractivity contribution in [3.8, 4) is 0 Å². The smallest absolute Gasteiger partial charge is 0.124 e. The van der Waals surface area contributed by atoms with Gasteiger partial charge < -0.3 is 5.11 Å². The first-order valence-corrected chi connectivity index (χ1v) is 7.96. The normalized spacial score (nSPS) is 13.0. The van der Waals surface area contributed by atoms with E-state index in [1.54, 1.807) is 17.4 Å². The SMILES string of the molecule is Cc1nc(CC(O)c2cc3ccc(F)cc3s2)sc1C. The van der Waals surface area contributed by atoms with Crippen molar-refractivity contribution in [3.63, 3.8) is 0 Å². The molecule has 0 aliphatic heterocycles. The summed E-state index contributed by atoms with van der Waals surface area (Å²) in [6, 6.07) is 6.62. The highest BCUT2D eigenvalue weighted by Gasteiger charge is 2.15. The maximum atomic E-state index is 13.2. The van der Waals surface area contributed by atoms with Crippen molar-refractivity contribution >= 4 is 32.8 Å². The summed E-state index contributed by atoms with van der Waals surface area (Å²) < 4.78 is 14.0. The summed E-state index contributed by atoms with van der Waals surface area (Å²) >= 11 is 3.06. The third kappa shape index (κ3) is 2.61. The van der Waals surface area contributed by atoms with E-state index in [4.69, 9.17) is 0 Å². The zero-order valence-corrected chi connectivity index (χ0v) is 12.8. The minimum Gasteiger partial charge on any atom is -0.387 e. The van der Waals surface area contributed by atoms with E-state index in [0.29, 0.717) is 6.42 Å². The summed E-state index contributed by atoms with van der Waals surface area (Å²) in [5.41, 5.74) is 1.02. The molecule has 0 aliphatic rings. The Morgan fingerprint density at radius 2 is 2.05 bits per heavy atom. The lowest BCUT2D eigenvalue weighted by atomic mass is 10.2. The van der Waals surface area contributed by atoms with Crippen LogP contribution < -0.4 is 0 Å².